The molecule has 0 aromatic carbocycles. The van der Waals surface area contributed by atoms with Crippen molar-refractivity contribution in [2.75, 3.05) is 0 Å². The standard InChI is InChI=1S/4Cl3Se.4ClH/c4*1-4(2)3;;;;/h;;;;4*1H/q4*+1;;;;/p-4. The summed E-state index contributed by atoms with van der Waals surface area (Å²) >= 11 is -6.50. The SMILES string of the molecule is Cl[Se+](Cl)Cl.Cl[Se+](Cl)Cl.Cl[Se+](Cl)Cl.Cl[Se+](Cl)Cl.[Cl-].[Cl-].[Cl-].[Cl-]. The second-order valence-electron chi connectivity index (χ2n) is 0.700. The minimum Gasteiger partial charge on any atom is -1.00 e. The van der Waals surface area contributed by atoms with Crippen LogP contribution in [0.15, 0.2) is 0 Å². The summed E-state index contributed by atoms with van der Waals surface area (Å²) in [6.07, 6.45) is 0. The quantitative estimate of drug-likeness (QED) is 0.214. The Morgan fingerprint density at radius 2 is 0.250 bits per heavy atom. The predicted molar refractivity (Wildman–Crippen MR) is 93.3 cm³/mol. The van der Waals surface area contributed by atoms with Gasteiger partial charge in [-0.2, -0.15) is 0 Å². The van der Waals surface area contributed by atoms with Gasteiger partial charge in [-0.15, -0.1) is 0 Å². The van der Waals surface area contributed by atoms with Crippen molar-refractivity contribution in [3.8, 4) is 0 Å². The monoisotopic (exact) mass is 879 g/mol. The Kier molecular flexibility index (Phi) is 113. The first-order chi connectivity index (χ1) is 6.93. The summed E-state index contributed by atoms with van der Waals surface area (Å²) in [7, 11) is 59.2. The van der Waals surface area contributed by atoms with Crippen molar-refractivity contribution in [1.82, 2.24) is 0 Å². The minimum absolute atomic E-state index is 0. The van der Waals surface area contributed by atoms with Crippen LogP contribution in [-0.4, -0.2) is 44.7 Å². The van der Waals surface area contributed by atoms with E-state index in [1.807, 2.05) is 0 Å². The van der Waals surface area contributed by atoms with Crippen LogP contribution in [0.3, 0.4) is 0 Å². The average Bonchev–Trinajstić information content (AvgIpc) is 1.76. The van der Waals surface area contributed by atoms with Gasteiger partial charge in [-0.1, -0.05) is 0 Å². The molecule has 0 aliphatic heterocycles. The third kappa shape index (κ3) is 308. The Morgan fingerprint density at radius 3 is 0.250 bits per heavy atom. The number of hydrogen-bond acceptors (Lipinski definition) is 0. The molecule has 20 heavy (non-hydrogen) atoms. The molecule has 0 aromatic heterocycles. The summed E-state index contributed by atoms with van der Waals surface area (Å²) in [5, 5.41) is 0. The van der Waals surface area contributed by atoms with E-state index < -0.39 is 44.7 Å². The summed E-state index contributed by atoms with van der Waals surface area (Å²) in [4.78, 5) is 0. The van der Waals surface area contributed by atoms with Crippen LogP contribution in [-0.2, 0) is 0 Å². The normalized spacial score (nSPS) is 7.20. The maximum absolute atomic E-state index is 4.93. The molecule has 0 aromatic rings. The molecule has 0 rings (SSSR count). The molecule has 0 aliphatic carbocycles. The van der Waals surface area contributed by atoms with Gasteiger partial charge in [-0.25, -0.2) is 0 Å². The van der Waals surface area contributed by atoms with Gasteiger partial charge in [-0.3, -0.25) is 0 Å². The van der Waals surface area contributed by atoms with Gasteiger partial charge in [0.15, 0.2) is 0 Å². The fourth-order valence-electron chi connectivity index (χ4n) is 0. The summed E-state index contributed by atoms with van der Waals surface area (Å²) in [5.41, 5.74) is 0. The zero-order valence-corrected chi connectivity index (χ0v) is 26.6. The fourth-order valence-corrected chi connectivity index (χ4v) is 0. The molecule has 0 N–H and O–H groups in total. The van der Waals surface area contributed by atoms with Crippen molar-refractivity contribution < 1.29 is 49.6 Å². The van der Waals surface area contributed by atoms with Crippen molar-refractivity contribution in [3.63, 3.8) is 0 Å². The molecule has 0 amide bonds. The van der Waals surface area contributed by atoms with Crippen LogP contribution in [0.2, 0.25) is 0 Å². The molecule has 136 valence electrons. The van der Waals surface area contributed by atoms with Gasteiger partial charge in [0.05, 0.1) is 0 Å². The van der Waals surface area contributed by atoms with Crippen molar-refractivity contribution >= 4 is 166 Å². The smallest absolute Gasteiger partial charge is 1.00 e. The van der Waals surface area contributed by atoms with Crippen molar-refractivity contribution in [2.45, 2.75) is 0 Å². The first-order valence-corrected chi connectivity index (χ1v) is 28.9. The molecule has 0 radical (unpaired) electrons. The topological polar surface area (TPSA) is 0 Å². The molecule has 0 spiro atoms. The van der Waals surface area contributed by atoms with E-state index in [0.29, 0.717) is 0 Å². The maximum atomic E-state index is 4.93. The van der Waals surface area contributed by atoms with E-state index in [-0.39, 0.29) is 49.6 Å². The van der Waals surface area contributed by atoms with E-state index in [0.717, 1.165) is 0 Å². The van der Waals surface area contributed by atoms with Gasteiger partial charge < -0.3 is 49.6 Å². The Labute approximate surface area is 211 Å². The number of rotatable bonds is 0. The van der Waals surface area contributed by atoms with Gasteiger partial charge in [-0.05, 0) is 0 Å². The van der Waals surface area contributed by atoms with Crippen LogP contribution in [0.25, 0.3) is 0 Å². The number of hydrogen-bond donors (Lipinski definition) is 0. The Hall–Kier alpha value is 6.72. The predicted octanol–water partition coefficient (Wildman–Crippen LogP) is -5.23. The van der Waals surface area contributed by atoms with Gasteiger partial charge in [0, 0.05) is 0 Å². The Bertz CT molecular complexity index is 57.5. The Balaban J connectivity index is -0.0000000150. The molecule has 20 heteroatoms. The molecule has 0 heterocycles. The third-order valence-electron chi connectivity index (χ3n) is 0. The van der Waals surface area contributed by atoms with E-state index in [1.54, 1.807) is 0 Å². The van der Waals surface area contributed by atoms with Crippen LogP contribution in [0.4, 0.5) is 0 Å². The van der Waals surface area contributed by atoms with E-state index in [4.69, 9.17) is 121 Å². The van der Waals surface area contributed by atoms with Crippen LogP contribution in [0.5, 0.6) is 0 Å². The van der Waals surface area contributed by atoms with E-state index >= 15 is 0 Å². The molecule has 0 bridgehead atoms. The summed E-state index contributed by atoms with van der Waals surface area (Å²) in [6, 6.07) is 0. The minimum atomic E-state index is -1.62. The van der Waals surface area contributed by atoms with Gasteiger partial charge in [0.1, 0.15) is 0 Å². The molecule has 0 aliphatic rings. The fraction of sp³-hybridized carbons (Fsp3) is 0. The van der Waals surface area contributed by atoms with Crippen molar-refractivity contribution in [3.05, 3.63) is 0 Å². The van der Waals surface area contributed by atoms with Crippen LogP contribution in [0, 0.1) is 0 Å². The second-order valence-corrected chi connectivity index (χ2v) is 32.7. The zero-order valence-electron chi connectivity index (χ0n) is 7.68. The molecule has 0 saturated carbocycles. The second kappa shape index (κ2) is 44.8. The van der Waals surface area contributed by atoms with Gasteiger partial charge >= 0.3 is 166 Å². The Morgan fingerprint density at radius 1 is 0.250 bits per heavy atom. The first-order valence-electron chi connectivity index (χ1n) is 1.85. The van der Waals surface area contributed by atoms with Crippen molar-refractivity contribution in [2.24, 2.45) is 0 Å². The first kappa shape index (κ1) is 50.4. The molecule has 0 unspecified atom stereocenters. The molecular weight excluding hydrogens is 883 g/mol. The summed E-state index contributed by atoms with van der Waals surface area (Å²) in [6.45, 7) is 0. The molecular formula is Cl16Se4. The average molecular weight is 883 g/mol. The summed E-state index contributed by atoms with van der Waals surface area (Å²) < 4.78 is 0. The number of halogens is 16. The van der Waals surface area contributed by atoms with Gasteiger partial charge in [0.25, 0.3) is 0 Å². The zero-order chi connectivity index (χ0) is 14.3. The van der Waals surface area contributed by atoms with E-state index in [1.165, 1.54) is 0 Å². The molecule has 0 nitrogen and oxygen atoms in total. The van der Waals surface area contributed by atoms with Crippen LogP contribution < -0.4 is 49.6 Å². The molecule has 0 saturated heterocycles. The summed E-state index contributed by atoms with van der Waals surface area (Å²) in [5.74, 6) is 0. The molecule has 0 fully saturated rings. The third-order valence-corrected chi connectivity index (χ3v) is 0. The largest absolute Gasteiger partial charge is 1.00 e. The molecule has 0 atom stereocenters. The van der Waals surface area contributed by atoms with E-state index in [2.05, 4.69) is 0 Å². The maximum Gasteiger partial charge on any atom is -1.00 e. The van der Waals surface area contributed by atoms with Crippen LogP contribution in [0.1, 0.15) is 0 Å². The van der Waals surface area contributed by atoms with E-state index in [9.17, 15) is 0 Å². The van der Waals surface area contributed by atoms with Crippen molar-refractivity contribution in [1.29, 1.82) is 0 Å². The van der Waals surface area contributed by atoms with Crippen LogP contribution >= 0.6 is 121 Å². The van der Waals surface area contributed by atoms with Gasteiger partial charge in [0.2, 0.25) is 0 Å².